The standard InChI is InChI=1S/C12H22O2Si/c1-4-15(5-2,6-3)14-12-9-7-8-11(13)10-12/h7-8,12H,4-6,9-10H2,1-3H3. The van der Waals surface area contributed by atoms with Gasteiger partial charge in [-0.05, 0) is 30.6 Å². The van der Waals surface area contributed by atoms with Crippen LogP contribution in [-0.4, -0.2) is 20.2 Å². The van der Waals surface area contributed by atoms with Gasteiger partial charge in [0.2, 0.25) is 0 Å². The lowest BCUT2D eigenvalue weighted by atomic mass is 10.0. The largest absolute Gasteiger partial charge is 0.413 e. The molecule has 0 aromatic carbocycles. The Bertz CT molecular complexity index is 236. The summed E-state index contributed by atoms with van der Waals surface area (Å²) in [4.78, 5) is 11.3. The second kappa shape index (κ2) is 5.61. The topological polar surface area (TPSA) is 26.3 Å². The molecule has 0 bridgehead atoms. The third-order valence-corrected chi connectivity index (χ3v) is 8.18. The lowest BCUT2D eigenvalue weighted by Crippen LogP contribution is -2.40. The van der Waals surface area contributed by atoms with Gasteiger partial charge in [0.05, 0.1) is 6.10 Å². The summed E-state index contributed by atoms with van der Waals surface area (Å²) in [5.41, 5.74) is 0. The van der Waals surface area contributed by atoms with E-state index in [1.54, 1.807) is 6.08 Å². The Hall–Kier alpha value is -0.413. The SMILES string of the molecule is CC[Si](CC)(CC)OC1CC=CC(=O)C1. The zero-order chi connectivity index (χ0) is 11.3. The van der Waals surface area contributed by atoms with Gasteiger partial charge in [-0.15, -0.1) is 0 Å². The van der Waals surface area contributed by atoms with Gasteiger partial charge in [0.1, 0.15) is 0 Å². The molecule has 1 aliphatic carbocycles. The van der Waals surface area contributed by atoms with Crippen LogP contribution in [0.2, 0.25) is 18.1 Å². The van der Waals surface area contributed by atoms with Crippen LogP contribution in [0.3, 0.4) is 0 Å². The Morgan fingerprint density at radius 1 is 1.33 bits per heavy atom. The van der Waals surface area contributed by atoms with Crippen molar-refractivity contribution in [3.8, 4) is 0 Å². The van der Waals surface area contributed by atoms with E-state index in [-0.39, 0.29) is 11.9 Å². The van der Waals surface area contributed by atoms with Crippen molar-refractivity contribution < 1.29 is 9.22 Å². The predicted molar refractivity (Wildman–Crippen MR) is 65.5 cm³/mol. The highest BCUT2D eigenvalue weighted by molar-refractivity contribution is 6.73. The van der Waals surface area contributed by atoms with Crippen molar-refractivity contribution in [3.63, 3.8) is 0 Å². The van der Waals surface area contributed by atoms with Crippen LogP contribution in [0, 0.1) is 0 Å². The van der Waals surface area contributed by atoms with E-state index in [0.29, 0.717) is 6.42 Å². The Morgan fingerprint density at radius 3 is 2.40 bits per heavy atom. The highest BCUT2D eigenvalue weighted by Crippen LogP contribution is 2.26. The minimum Gasteiger partial charge on any atom is -0.413 e. The summed E-state index contributed by atoms with van der Waals surface area (Å²) in [6.45, 7) is 6.67. The minimum atomic E-state index is -1.52. The van der Waals surface area contributed by atoms with Crippen molar-refractivity contribution in [2.45, 2.75) is 57.8 Å². The van der Waals surface area contributed by atoms with Gasteiger partial charge in [-0.3, -0.25) is 4.79 Å². The number of allylic oxidation sites excluding steroid dienone is 1. The van der Waals surface area contributed by atoms with Gasteiger partial charge in [-0.2, -0.15) is 0 Å². The van der Waals surface area contributed by atoms with E-state index in [2.05, 4.69) is 20.8 Å². The van der Waals surface area contributed by atoms with Crippen LogP contribution in [0.1, 0.15) is 33.6 Å². The lowest BCUT2D eigenvalue weighted by Gasteiger charge is -2.33. The van der Waals surface area contributed by atoms with Gasteiger partial charge in [0.15, 0.2) is 14.1 Å². The van der Waals surface area contributed by atoms with Crippen LogP contribution in [0.25, 0.3) is 0 Å². The van der Waals surface area contributed by atoms with Gasteiger partial charge in [-0.25, -0.2) is 0 Å². The summed E-state index contributed by atoms with van der Waals surface area (Å²) in [7, 11) is -1.52. The molecule has 15 heavy (non-hydrogen) atoms. The van der Waals surface area contributed by atoms with E-state index in [4.69, 9.17) is 4.43 Å². The fourth-order valence-corrected chi connectivity index (χ4v) is 5.06. The lowest BCUT2D eigenvalue weighted by molar-refractivity contribution is -0.116. The minimum absolute atomic E-state index is 0.161. The molecule has 0 aromatic heterocycles. The molecule has 0 aromatic rings. The van der Waals surface area contributed by atoms with E-state index in [1.165, 1.54) is 0 Å². The molecule has 2 nitrogen and oxygen atoms in total. The maximum absolute atomic E-state index is 11.3. The molecule has 0 N–H and O–H groups in total. The molecule has 0 fully saturated rings. The zero-order valence-electron chi connectivity index (χ0n) is 10.1. The molecule has 86 valence electrons. The summed E-state index contributed by atoms with van der Waals surface area (Å²) >= 11 is 0. The molecular formula is C12H22O2Si. The zero-order valence-corrected chi connectivity index (χ0v) is 11.1. The third kappa shape index (κ3) is 3.28. The second-order valence-electron chi connectivity index (χ2n) is 4.29. The van der Waals surface area contributed by atoms with Crippen molar-refractivity contribution in [2.75, 3.05) is 0 Å². The third-order valence-electron chi connectivity index (χ3n) is 3.48. The quantitative estimate of drug-likeness (QED) is 0.672. The molecule has 0 aliphatic heterocycles. The molecule has 0 spiro atoms. The highest BCUT2D eigenvalue weighted by atomic mass is 28.4. The number of carbonyl (C=O) groups is 1. The Labute approximate surface area is 93.8 Å². The van der Waals surface area contributed by atoms with Crippen LogP contribution < -0.4 is 0 Å². The van der Waals surface area contributed by atoms with Crippen molar-refractivity contribution >= 4 is 14.1 Å². The fourth-order valence-electron chi connectivity index (χ4n) is 2.17. The maximum Gasteiger partial charge on any atom is 0.192 e. The average molecular weight is 226 g/mol. The summed E-state index contributed by atoms with van der Waals surface area (Å²) in [5, 5.41) is 0. The number of ketones is 1. The Balaban J connectivity index is 2.58. The van der Waals surface area contributed by atoms with Crippen molar-refractivity contribution in [3.05, 3.63) is 12.2 Å². The molecule has 0 saturated carbocycles. The molecule has 1 rings (SSSR count). The van der Waals surface area contributed by atoms with Gasteiger partial charge in [0.25, 0.3) is 0 Å². The summed E-state index contributed by atoms with van der Waals surface area (Å²) < 4.78 is 6.26. The second-order valence-corrected chi connectivity index (χ2v) is 9.02. The molecular weight excluding hydrogens is 204 g/mol. The van der Waals surface area contributed by atoms with E-state index >= 15 is 0 Å². The van der Waals surface area contributed by atoms with Crippen LogP contribution in [-0.2, 0) is 9.22 Å². The average Bonchev–Trinajstić information content (AvgIpc) is 2.26. The van der Waals surface area contributed by atoms with Gasteiger partial charge in [-0.1, -0.05) is 26.8 Å². The number of hydrogen-bond donors (Lipinski definition) is 0. The van der Waals surface area contributed by atoms with Gasteiger partial charge >= 0.3 is 0 Å². The van der Waals surface area contributed by atoms with E-state index in [0.717, 1.165) is 24.6 Å². The van der Waals surface area contributed by atoms with Crippen molar-refractivity contribution in [2.24, 2.45) is 0 Å². The van der Waals surface area contributed by atoms with Gasteiger partial charge < -0.3 is 4.43 Å². The fraction of sp³-hybridized carbons (Fsp3) is 0.750. The molecule has 1 atom stereocenters. The monoisotopic (exact) mass is 226 g/mol. The summed E-state index contributed by atoms with van der Waals surface area (Å²) in [6.07, 6.45) is 5.31. The van der Waals surface area contributed by atoms with Gasteiger partial charge in [0, 0.05) is 6.42 Å². The van der Waals surface area contributed by atoms with Crippen molar-refractivity contribution in [1.82, 2.24) is 0 Å². The van der Waals surface area contributed by atoms with Crippen LogP contribution in [0.15, 0.2) is 12.2 Å². The maximum atomic E-state index is 11.3. The summed E-state index contributed by atoms with van der Waals surface area (Å²) in [5.74, 6) is 0.220. The van der Waals surface area contributed by atoms with Crippen LogP contribution in [0.5, 0.6) is 0 Å². The molecule has 3 heteroatoms. The van der Waals surface area contributed by atoms with Crippen LogP contribution >= 0.6 is 0 Å². The first-order chi connectivity index (χ1) is 7.15. The smallest absolute Gasteiger partial charge is 0.192 e. The first-order valence-corrected chi connectivity index (χ1v) is 8.56. The van der Waals surface area contributed by atoms with Crippen LogP contribution in [0.4, 0.5) is 0 Å². The predicted octanol–water partition coefficient (Wildman–Crippen LogP) is 3.30. The molecule has 1 aliphatic rings. The number of rotatable bonds is 5. The molecule has 0 radical (unpaired) electrons. The number of carbonyl (C=O) groups excluding carboxylic acids is 1. The first kappa shape index (κ1) is 12.7. The van der Waals surface area contributed by atoms with E-state index in [9.17, 15) is 4.79 Å². The summed E-state index contributed by atoms with van der Waals surface area (Å²) in [6, 6.07) is 3.48. The van der Waals surface area contributed by atoms with Crippen molar-refractivity contribution in [1.29, 1.82) is 0 Å². The molecule has 0 amide bonds. The molecule has 0 saturated heterocycles. The highest BCUT2D eigenvalue weighted by Gasteiger charge is 2.32. The van der Waals surface area contributed by atoms with E-state index in [1.807, 2.05) is 6.08 Å². The Kier molecular flexibility index (Phi) is 4.73. The Morgan fingerprint density at radius 2 is 1.93 bits per heavy atom. The first-order valence-electron chi connectivity index (χ1n) is 6.03. The number of hydrogen-bond acceptors (Lipinski definition) is 2. The normalized spacial score (nSPS) is 22.1. The molecule has 0 heterocycles. The molecule has 1 unspecified atom stereocenters. The van der Waals surface area contributed by atoms with E-state index < -0.39 is 8.32 Å².